The third-order valence-corrected chi connectivity index (χ3v) is 5.25. The second kappa shape index (κ2) is 8.36. The quantitative estimate of drug-likeness (QED) is 0.353. The molecule has 0 aliphatic rings. The Morgan fingerprint density at radius 2 is 1.97 bits per heavy atom. The van der Waals surface area contributed by atoms with E-state index in [1.54, 1.807) is 31.2 Å². The number of aromatic hydroxyl groups is 1. The molecule has 0 saturated heterocycles. The Morgan fingerprint density at radius 1 is 1.23 bits per heavy atom. The first-order chi connectivity index (χ1) is 15.0. The molecular formula is C24H22N4O3. The molecule has 0 saturated carbocycles. The van der Waals surface area contributed by atoms with Crippen molar-refractivity contribution in [1.82, 2.24) is 9.38 Å². The minimum Gasteiger partial charge on any atom is -0.508 e. The summed E-state index contributed by atoms with van der Waals surface area (Å²) in [6.07, 6.45) is 0.601. The highest BCUT2D eigenvalue weighted by atomic mass is 16.5. The Hall–Kier alpha value is -4.05. The number of benzene rings is 2. The third kappa shape index (κ3) is 3.76. The van der Waals surface area contributed by atoms with Crippen LogP contribution in [-0.4, -0.2) is 27.1 Å². The molecule has 0 aliphatic heterocycles. The van der Waals surface area contributed by atoms with E-state index in [1.807, 2.05) is 35.6 Å². The molecule has 2 aromatic heterocycles. The molecule has 7 heteroatoms. The molecule has 4 aromatic rings. The van der Waals surface area contributed by atoms with Gasteiger partial charge < -0.3 is 15.2 Å². The van der Waals surface area contributed by atoms with Gasteiger partial charge in [-0.05, 0) is 67.8 Å². The van der Waals surface area contributed by atoms with Crippen molar-refractivity contribution in [3.63, 3.8) is 0 Å². The normalized spacial score (nSPS) is 10.9. The number of nitrogens with one attached hydrogen (secondary N) is 1. The van der Waals surface area contributed by atoms with Crippen molar-refractivity contribution in [2.24, 2.45) is 0 Å². The van der Waals surface area contributed by atoms with E-state index < -0.39 is 0 Å². The Bertz CT molecular complexity index is 1320. The van der Waals surface area contributed by atoms with E-state index in [0.29, 0.717) is 24.2 Å². The number of fused-ring (bicyclic) bond motifs is 3. The van der Waals surface area contributed by atoms with Crippen LogP contribution in [-0.2, 0) is 16.0 Å². The highest BCUT2D eigenvalue weighted by molar-refractivity contribution is 5.87. The number of carbonyl (C=O) groups excluding carboxylic acids is 1. The molecule has 0 unspecified atom stereocenters. The summed E-state index contributed by atoms with van der Waals surface area (Å²) in [6.45, 7) is 3.98. The highest BCUT2D eigenvalue weighted by Gasteiger charge is 2.21. The van der Waals surface area contributed by atoms with E-state index in [-0.39, 0.29) is 18.1 Å². The van der Waals surface area contributed by atoms with Crippen molar-refractivity contribution in [2.75, 3.05) is 11.9 Å². The summed E-state index contributed by atoms with van der Waals surface area (Å²) in [7, 11) is 0. The van der Waals surface area contributed by atoms with E-state index in [4.69, 9.17) is 9.72 Å². The van der Waals surface area contributed by atoms with Crippen molar-refractivity contribution in [1.29, 1.82) is 5.26 Å². The van der Waals surface area contributed by atoms with Crippen LogP contribution in [0.4, 0.5) is 11.5 Å². The van der Waals surface area contributed by atoms with Crippen molar-refractivity contribution in [3.8, 4) is 11.8 Å². The van der Waals surface area contributed by atoms with Gasteiger partial charge in [0, 0.05) is 12.1 Å². The number of hydrogen-bond donors (Lipinski definition) is 2. The molecule has 2 heterocycles. The summed E-state index contributed by atoms with van der Waals surface area (Å²) in [5.74, 6) is 0.615. The van der Waals surface area contributed by atoms with E-state index in [0.717, 1.165) is 33.7 Å². The van der Waals surface area contributed by atoms with Crippen LogP contribution in [0.2, 0.25) is 0 Å². The second-order valence-corrected chi connectivity index (χ2v) is 7.18. The van der Waals surface area contributed by atoms with Gasteiger partial charge in [-0.3, -0.25) is 9.20 Å². The van der Waals surface area contributed by atoms with Gasteiger partial charge in [-0.15, -0.1) is 0 Å². The van der Waals surface area contributed by atoms with E-state index in [9.17, 15) is 15.2 Å². The first kappa shape index (κ1) is 20.2. The Labute approximate surface area is 179 Å². The summed E-state index contributed by atoms with van der Waals surface area (Å²) in [5.41, 5.74) is 5.04. The van der Waals surface area contributed by atoms with Gasteiger partial charge in [0.1, 0.15) is 17.6 Å². The average molecular weight is 414 g/mol. The van der Waals surface area contributed by atoms with Crippen molar-refractivity contribution >= 4 is 34.2 Å². The number of phenols is 1. The van der Waals surface area contributed by atoms with Gasteiger partial charge in [0.15, 0.2) is 5.65 Å². The number of pyridine rings is 1. The number of hydrogen-bond acceptors (Lipinski definition) is 6. The van der Waals surface area contributed by atoms with Gasteiger partial charge >= 0.3 is 5.97 Å². The maximum Gasteiger partial charge on any atom is 0.306 e. The molecule has 0 spiro atoms. The van der Waals surface area contributed by atoms with Gasteiger partial charge in [-0.2, -0.15) is 5.26 Å². The predicted octanol–water partition coefficient (Wildman–Crippen LogP) is 4.61. The summed E-state index contributed by atoms with van der Waals surface area (Å²) in [5, 5.41) is 23.0. The maximum absolute atomic E-state index is 12.1. The number of carbonyl (C=O) groups is 1. The molecule has 0 radical (unpaired) electrons. The van der Waals surface area contributed by atoms with Crippen LogP contribution in [0.5, 0.6) is 5.75 Å². The van der Waals surface area contributed by atoms with Crippen LogP contribution in [0, 0.1) is 18.3 Å². The van der Waals surface area contributed by atoms with Crippen LogP contribution < -0.4 is 5.32 Å². The predicted molar refractivity (Wildman–Crippen MR) is 118 cm³/mol. The molecule has 4 rings (SSSR count). The van der Waals surface area contributed by atoms with Crippen LogP contribution in [0.3, 0.4) is 0 Å². The topological polar surface area (TPSA) is 99.7 Å². The number of phenolic OH excluding ortho intramolecular Hbond substituents is 1. The Kier molecular flexibility index (Phi) is 5.46. The van der Waals surface area contributed by atoms with E-state index in [1.165, 1.54) is 0 Å². The lowest BCUT2D eigenvalue weighted by molar-refractivity contribution is -0.143. The third-order valence-electron chi connectivity index (χ3n) is 5.25. The lowest BCUT2D eigenvalue weighted by Crippen LogP contribution is -2.11. The number of imidazole rings is 1. The fourth-order valence-electron chi connectivity index (χ4n) is 3.76. The van der Waals surface area contributed by atoms with Gasteiger partial charge in [0.25, 0.3) is 0 Å². The molecule has 0 fully saturated rings. The molecule has 0 bridgehead atoms. The number of aromatic nitrogens is 2. The first-order valence-corrected chi connectivity index (χ1v) is 10.1. The summed E-state index contributed by atoms with van der Waals surface area (Å²) >= 11 is 0. The fourth-order valence-corrected chi connectivity index (χ4v) is 3.76. The van der Waals surface area contributed by atoms with Gasteiger partial charge in [0.2, 0.25) is 0 Å². The van der Waals surface area contributed by atoms with Crippen LogP contribution in [0.1, 0.15) is 30.0 Å². The lowest BCUT2D eigenvalue weighted by atomic mass is 10.00. The van der Waals surface area contributed by atoms with Crippen molar-refractivity contribution in [2.45, 2.75) is 26.7 Å². The number of nitrogens with zero attached hydrogens (tertiary/aromatic N) is 3. The van der Waals surface area contributed by atoms with E-state index >= 15 is 0 Å². The monoisotopic (exact) mass is 414 g/mol. The van der Waals surface area contributed by atoms with Crippen LogP contribution in [0.15, 0.2) is 48.5 Å². The summed E-state index contributed by atoms with van der Waals surface area (Å²) < 4.78 is 7.03. The van der Waals surface area contributed by atoms with Crippen LogP contribution in [0.25, 0.3) is 16.7 Å². The molecule has 0 atom stereocenters. The minimum absolute atomic E-state index is 0.169. The zero-order valence-corrected chi connectivity index (χ0v) is 17.3. The average Bonchev–Trinajstić information content (AvgIpc) is 3.14. The maximum atomic E-state index is 12.1. The number of ether oxygens (including phenoxy) is 1. The smallest absolute Gasteiger partial charge is 0.306 e. The molecular weight excluding hydrogens is 392 g/mol. The standard InChI is InChI=1S/C24H22N4O3/c1-3-31-22(30)13-12-18-15(2)19(14-25)24-27-20-6-4-5-7-21(20)28(24)23(18)26-16-8-10-17(29)11-9-16/h4-11,26,29H,3,12-13H2,1-2H3. The molecule has 156 valence electrons. The molecule has 2 aromatic carbocycles. The van der Waals surface area contributed by atoms with Crippen LogP contribution >= 0.6 is 0 Å². The number of nitriles is 1. The zero-order valence-electron chi connectivity index (χ0n) is 17.3. The summed E-state index contributed by atoms with van der Waals surface area (Å²) in [4.78, 5) is 16.8. The number of anilines is 2. The van der Waals surface area contributed by atoms with E-state index in [2.05, 4.69) is 11.4 Å². The minimum atomic E-state index is -0.286. The molecule has 0 aliphatic carbocycles. The molecule has 7 nitrogen and oxygen atoms in total. The Morgan fingerprint density at radius 3 is 2.68 bits per heavy atom. The SMILES string of the molecule is CCOC(=O)CCc1c(C)c(C#N)c2nc3ccccc3n2c1Nc1ccc(O)cc1. The Balaban J connectivity index is 1.96. The van der Waals surface area contributed by atoms with Crippen molar-refractivity contribution < 1.29 is 14.6 Å². The molecule has 0 amide bonds. The molecule has 31 heavy (non-hydrogen) atoms. The molecule has 2 N–H and O–H groups in total. The van der Waals surface area contributed by atoms with Gasteiger partial charge in [-0.1, -0.05) is 12.1 Å². The van der Waals surface area contributed by atoms with Gasteiger partial charge in [0.05, 0.1) is 23.2 Å². The van der Waals surface area contributed by atoms with Crippen molar-refractivity contribution in [3.05, 3.63) is 65.2 Å². The number of rotatable bonds is 6. The first-order valence-electron chi connectivity index (χ1n) is 10.1. The number of esters is 1. The number of para-hydroxylation sites is 2. The summed E-state index contributed by atoms with van der Waals surface area (Å²) in [6, 6.07) is 16.7. The zero-order chi connectivity index (χ0) is 22.0. The second-order valence-electron chi connectivity index (χ2n) is 7.18. The lowest BCUT2D eigenvalue weighted by Gasteiger charge is -2.19. The highest BCUT2D eigenvalue weighted by Crippen LogP contribution is 2.33. The largest absolute Gasteiger partial charge is 0.508 e. The van der Waals surface area contributed by atoms with Gasteiger partial charge in [-0.25, -0.2) is 4.98 Å². The fraction of sp³-hybridized carbons (Fsp3) is 0.208.